The van der Waals surface area contributed by atoms with Crippen LogP contribution in [0, 0.1) is 0 Å². The van der Waals surface area contributed by atoms with Crippen molar-refractivity contribution in [2.45, 2.75) is 25.9 Å². The fourth-order valence-corrected chi connectivity index (χ4v) is 2.06. The summed E-state index contributed by atoms with van der Waals surface area (Å²) >= 11 is 1.56. The van der Waals surface area contributed by atoms with Gasteiger partial charge in [0.15, 0.2) is 0 Å². The van der Waals surface area contributed by atoms with E-state index in [0.29, 0.717) is 13.0 Å². The van der Waals surface area contributed by atoms with Crippen molar-refractivity contribution in [2.24, 2.45) is 0 Å². The normalized spacial score (nSPS) is 11.9. The summed E-state index contributed by atoms with van der Waals surface area (Å²) in [5.41, 5.74) is 0. The SMILES string of the molecule is CC[C@@H](NC(=O)N(C)Cc1cccs1)C(=O)O. The van der Waals surface area contributed by atoms with Crippen LogP contribution >= 0.6 is 11.3 Å². The number of nitrogens with zero attached hydrogens (tertiary/aromatic N) is 1. The summed E-state index contributed by atoms with van der Waals surface area (Å²) in [6, 6.07) is 2.65. The Morgan fingerprint density at radius 1 is 1.59 bits per heavy atom. The lowest BCUT2D eigenvalue weighted by Gasteiger charge is -2.20. The van der Waals surface area contributed by atoms with Crippen LogP contribution in [0.4, 0.5) is 4.79 Å². The number of hydrogen-bond acceptors (Lipinski definition) is 3. The molecule has 0 spiro atoms. The quantitative estimate of drug-likeness (QED) is 0.843. The number of aliphatic carboxylic acids is 1. The number of nitrogens with one attached hydrogen (secondary N) is 1. The molecular formula is C11H16N2O3S. The van der Waals surface area contributed by atoms with Gasteiger partial charge in [0, 0.05) is 11.9 Å². The molecule has 5 nitrogen and oxygen atoms in total. The summed E-state index contributed by atoms with van der Waals surface area (Å²) in [4.78, 5) is 25.0. The van der Waals surface area contributed by atoms with E-state index in [1.54, 1.807) is 25.3 Å². The Balaban J connectivity index is 2.49. The number of carboxylic acid groups (broad SMARTS) is 1. The minimum atomic E-state index is -1.01. The van der Waals surface area contributed by atoms with Gasteiger partial charge in [-0.25, -0.2) is 9.59 Å². The number of carboxylic acids is 1. The molecule has 0 aliphatic rings. The van der Waals surface area contributed by atoms with Gasteiger partial charge in [-0.1, -0.05) is 13.0 Å². The van der Waals surface area contributed by atoms with Crippen LogP contribution in [0.15, 0.2) is 17.5 Å². The summed E-state index contributed by atoms with van der Waals surface area (Å²) < 4.78 is 0. The molecule has 6 heteroatoms. The summed E-state index contributed by atoms with van der Waals surface area (Å²) in [6.07, 6.45) is 0.369. The first-order chi connectivity index (χ1) is 8.04. The number of carbonyl (C=O) groups excluding carboxylic acids is 1. The lowest BCUT2D eigenvalue weighted by molar-refractivity contribution is -0.139. The third-order valence-electron chi connectivity index (χ3n) is 2.32. The van der Waals surface area contributed by atoms with Gasteiger partial charge in [-0.15, -0.1) is 11.3 Å². The molecule has 94 valence electrons. The van der Waals surface area contributed by atoms with Crippen LogP contribution in [0.5, 0.6) is 0 Å². The molecule has 0 unspecified atom stereocenters. The molecule has 0 fully saturated rings. The third kappa shape index (κ3) is 4.07. The highest BCUT2D eigenvalue weighted by Gasteiger charge is 2.19. The molecule has 0 radical (unpaired) electrons. The topological polar surface area (TPSA) is 69.6 Å². The molecular weight excluding hydrogens is 240 g/mol. The Morgan fingerprint density at radius 3 is 2.76 bits per heavy atom. The van der Waals surface area contributed by atoms with E-state index < -0.39 is 12.0 Å². The molecule has 0 aliphatic carbocycles. The first-order valence-corrected chi connectivity index (χ1v) is 6.19. The fraction of sp³-hybridized carbons (Fsp3) is 0.455. The zero-order chi connectivity index (χ0) is 12.8. The smallest absolute Gasteiger partial charge is 0.326 e. The molecule has 1 heterocycles. The number of hydrogen-bond donors (Lipinski definition) is 2. The second-order valence-electron chi connectivity index (χ2n) is 3.68. The van der Waals surface area contributed by atoms with E-state index in [0.717, 1.165) is 4.88 Å². The van der Waals surface area contributed by atoms with Gasteiger partial charge in [0.1, 0.15) is 6.04 Å². The largest absolute Gasteiger partial charge is 0.480 e. The van der Waals surface area contributed by atoms with Gasteiger partial charge in [-0.05, 0) is 17.9 Å². The van der Waals surface area contributed by atoms with Gasteiger partial charge in [0.2, 0.25) is 0 Å². The molecule has 0 saturated heterocycles. The minimum absolute atomic E-state index is 0.368. The van der Waals surface area contributed by atoms with Crippen molar-refractivity contribution in [1.29, 1.82) is 0 Å². The second-order valence-corrected chi connectivity index (χ2v) is 4.72. The Bertz CT molecular complexity index is 378. The third-order valence-corrected chi connectivity index (χ3v) is 3.19. The molecule has 1 aromatic heterocycles. The molecule has 0 aromatic carbocycles. The highest BCUT2D eigenvalue weighted by molar-refractivity contribution is 7.09. The van der Waals surface area contributed by atoms with E-state index in [1.165, 1.54) is 4.90 Å². The maximum Gasteiger partial charge on any atom is 0.326 e. The summed E-state index contributed by atoms with van der Waals surface area (Å²) in [5.74, 6) is -1.01. The van der Waals surface area contributed by atoms with E-state index in [1.807, 2.05) is 17.5 Å². The van der Waals surface area contributed by atoms with Crippen LogP contribution in [0.3, 0.4) is 0 Å². The van der Waals surface area contributed by atoms with E-state index in [4.69, 9.17) is 5.11 Å². The van der Waals surface area contributed by atoms with Crippen molar-refractivity contribution in [3.05, 3.63) is 22.4 Å². The molecule has 0 aliphatic heterocycles. The highest BCUT2D eigenvalue weighted by Crippen LogP contribution is 2.10. The Labute approximate surface area is 104 Å². The summed E-state index contributed by atoms with van der Waals surface area (Å²) in [5, 5.41) is 13.2. The van der Waals surface area contributed by atoms with Crippen molar-refractivity contribution < 1.29 is 14.7 Å². The predicted octanol–water partition coefficient (Wildman–Crippen LogP) is 1.75. The molecule has 0 bridgehead atoms. The van der Waals surface area contributed by atoms with Crippen molar-refractivity contribution in [3.8, 4) is 0 Å². The number of amides is 2. The monoisotopic (exact) mass is 256 g/mol. The van der Waals surface area contributed by atoms with Crippen LogP contribution in [0.2, 0.25) is 0 Å². The first-order valence-electron chi connectivity index (χ1n) is 5.31. The van der Waals surface area contributed by atoms with Gasteiger partial charge in [0.05, 0.1) is 6.54 Å². The molecule has 1 aromatic rings. The molecule has 1 rings (SSSR count). The van der Waals surface area contributed by atoms with Crippen molar-refractivity contribution in [3.63, 3.8) is 0 Å². The first kappa shape index (κ1) is 13.5. The van der Waals surface area contributed by atoms with Crippen molar-refractivity contribution >= 4 is 23.3 Å². The fourth-order valence-electron chi connectivity index (χ4n) is 1.31. The van der Waals surface area contributed by atoms with E-state index >= 15 is 0 Å². The van der Waals surface area contributed by atoms with Crippen molar-refractivity contribution in [1.82, 2.24) is 10.2 Å². The molecule has 17 heavy (non-hydrogen) atoms. The zero-order valence-electron chi connectivity index (χ0n) is 9.84. The standard InChI is InChI=1S/C11H16N2O3S/c1-3-9(10(14)15)12-11(16)13(2)7-8-5-4-6-17-8/h4-6,9H,3,7H2,1-2H3,(H,12,16)(H,14,15)/t9-/m1/s1. The van der Waals surface area contributed by atoms with Crippen LogP contribution in [0.25, 0.3) is 0 Å². The Morgan fingerprint density at radius 2 is 2.29 bits per heavy atom. The van der Waals surface area contributed by atoms with Gasteiger partial charge in [-0.2, -0.15) is 0 Å². The van der Waals surface area contributed by atoms with Gasteiger partial charge < -0.3 is 15.3 Å². The van der Waals surface area contributed by atoms with Crippen LogP contribution in [-0.2, 0) is 11.3 Å². The summed E-state index contributed by atoms with van der Waals surface area (Å²) in [6.45, 7) is 2.21. The Hall–Kier alpha value is -1.56. The molecule has 0 saturated carbocycles. The van der Waals surface area contributed by atoms with Gasteiger partial charge >= 0.3 is 12.0 Å². The average Bonchev–Trinajstić information content (AvgIpc) is 2.77. The van der Waals surface area contributed by atoms with Crippen molar-refractivity contribution in [2.75, 3.05) is 7.05 Å². The number of rotatable bonds is 5. The maximum absolute atomic E-state index is 11.7. The van der Waals surface area contributed by atoms with E-state index in [2.05, 4.69) is 5.32 Å². The summed E-state index contributed by atoms with van der Waals surface area (Å²) in [7, 11) is 1.64. The zero-order valence-corrected chi connectivity index (χ0v) is 10.7. The maximum atomic E-state index is 11.7. The van der Waals surface area contributed by atoms with E-state index in [-0.39, 0.29) is 6.03 Å². The highest BCUT2D eigenvalue weighted by atomic mass is 32.1. The average molecular weight is 256 g/mol. The van der Waals surface area contributed by atoms with Crippen LogP contribution in [0.1, 0.15) is 18.2 Å². The number of thiophene rings is 1. The van der Waals surface area contributed by atoms with Crippen LogP contribution < -0.4 is 5.32 Å². The number of carbonyl (C=O) groups is 2. The molecule has 2 N–H and O–H groups in total. The lowest BCUT2D eigenvalue weighted by Crippen LogP contribution is -2.46. The Kier molecular flexibility index (Phi) is 4.96. The van der Waals surface area contributed by atoms with Crippen LogP contribution in [-0.4, -0.2) is 35.1 Å². The predicted molar refractivity (Wildman–Crippen MR) is 66.0 cm³/mol. The molecule has 1 atom stereocenters. The van der Waals surface area contributed by atoms with E-state index in [9.17, 15) is 9.59 Å². The minimum Gasteiger partial charge on any atom is -0.480 e. The second kappa shape index (κ2) is 6.24. The molecule has 2 amide bonds. The van der Waals surface area contributed by atoms with Gasteiger partial charge in [-0.3, -0.25) is 0 Å². The van der Waals surface area contributed by atoms with Gasteiger partial charge in [0.25, 0.3) is 0 Å². The lowest BCUT2D eigenvalue weighted by atomic mass is 10.2. The number of urea groups is 1.